The van der Waals surface area contributed by atoms with Gasteiger partial charge in [-0.3, -0.25) is 4.68 Å². The third-order valence-corrected chi connectivity index (χ3v) is 7.49. The minimum absolute atomic E-state index is 0.240. The van der Waals surface area contributed by atoms with Crippen LogP contribution in [0.15, 0.2) is 61.4 Å². The van der Waals surface area contributed by atoms with Gasteiger partial charge in [-0.2, -0.15) is 10.1 Å². The number of hydrogen-bond acceptors (Lipinski definition) is 12. The third-order valence-electron chi connectivity index (χ3n) is 7.49. The Kier molecular flexibility index (Phi) is 10.6. The lowest BCUT2D eigenvalue weighted by Crippen LogP contribution is -2.47. The Balaban J connectivity index is 0.000000270. The maximum absolute atomic E-state index is 11.5. The van der Waals surface area contributed by atoms with Crippen molar-refractivity contribution in [3.63, 3.8) is 0 Å². The second-order valence-corrected chi connectivity index (χ2v) is 12.1. The number of hydrogen-bond donors (Lipinski definition) is 1. The van der Waals surface area contributed by atoms with Gasteiger partial charge in [0.1, 0.15) is 11.9 Å². The van der Waals surface area contributed by atoms with Crippen molar-refractivity contribution in [2.45, 2.75) is 39.2 Å². The first kappa shape index (κ1) is 32.5. The number of aromatic nitrogens is 7. The molecule has 0 spiro atoms. The fraction of sp³-hybridized carbons (Fsp3) is 0.469. The number of nitrogens with one attached hydrogen (secondary N) is 1. The molecule has 0 saturated carbocycles. The summed E-state index contributed by atoms with van der Waals surface area (Å²) in [7, 11) is 1.87. The molecule has 2 aliphatic heterocycles. The zero-order valence-corrected chi connectivity index (χ0v) is 27.2. The molecule has 244 valence electrons. The lowest BCUT2D eigenvalue weighted by atomic mass is 9.96. The van der Waals surface area contributed by atoms with Crippen LogP contribution in [0, 0.1) is 0 Å². The van der Waals surface area contributed by atoms with Crippen molar-refractivity contribution in [1.29, 1.82) is 0 Å². The molecule has 6 rings (SSSR count). The molecular weight excluding hydrogens is 586 g/mol. The largest absolute Gasteiger partial charge is 0.444 e. The monoisotopic (exact) mass is 629 g/mol. The quantitative estimate of drug-likeness (QED) is 0.331. The molecule has 14 nitrogen and oxygen atoms in total. The van der Waals surface area contributed by atoms with Gasteiger partial charge in [0.2, 0.25) is 17.8 Å². The zero-order valence-electron chi connectivity index (χ0n) is 27.2. The van der Waals surface area contributed by atoms with Crippen molar-refractivity contribution in [2.24, 2.45) is 7.05 Å². The number of morpholine rings is 1. The molecule has 3 aromatic heterocycles. The van der Waals surface area contributed by atoms with Gasteiger partial charge in [-0.15, -0.1) is 0 Å². The van der Waals surface area contributed by atoms with Gasteiger partial charge < -0.3 is 29.5 Å². The van der Waals surface area contributed by atoms with Crippen molar-refractivity contribution < 1.29 is 14.3 Å². The van der Waals surface area contributed by atoms with Gasteiger partial charge in [-0.25, -0.2) is 24.7 Å². The van der Waals surface area contributed by atoms with Crippen LogP contribution in [0.4, 0.5) is 28.3 Å². The summed E-state index contributed by atoms with van der Waals surface area (Å²) in [6.07, 6.45) is 8.77. The van der Waals surface area contributed by atoms with Gasteiger partial charge in [0, 0.05) is 70.8 Å². The van der Waals surface area contributed by atoms with E-state index in [-0.39, 0.29) is 12.0 Å². The van der Waals surface area contributed by atoms with E-state index in [0.29, 0.717) is 38.2 Å². The van der Waals surface area contributed by atoms with Gasteiger partial charge in [0.25, 0.3) is 0 Å². The average molecular weight is 630 g/mol. The van der Waals surface area contributed by atoms with E-state index in [9.17, 15) is 4.79 Å². The van der Waals surface area contributed by atoms with Gasteiger partial charge in [-0.05, 0) is 31.9 Å². The molecule has 2 aliphatic rings. The Morgan fingerprint density at radius 2 is 1.52 bits per heavy atom. The average Bonchev–Trinajstić information content (AvgIpc) is 3.49. The second kappa shape index (κ2) is 15.0. The molecule has 2 fully saturated rings. The van der Waals surface area contributed by atoms with Crippen LogP contribution in [0.5, 0.6) is 0 Å². The zero-order chi connectivity index (χ0) is 32.5. The fourth-order valence-electron chi connectivity index (χ4n) is 4.95. The van der Waals surface area contributed by atoms with Gasteiger partial charge >= 0.3 is 6.09 Å². The standard InChI is InChI=1S/C23H26N10.C9H17NO3/c1-17(18-6-4-3-5-7-18)19-12-24-22(25-13-19)32-8-10-33(11-9-32)23-27-16-26-21(30-23)29-20-14-28-31(2)15-20;1-9(2,3)13-8(11)10-4-6-12-7-5-10/h3-7,12-17H,8-11H2,1-2H3,(H,26,27,29,30);4-7H2,1-3H3. The molecule has 1 atom stereocenters. The molecule has 0 aliphatic carbocycles. The van der Waals surface area contributed by atoms with E-state index in [2.05, 4.69) is 76.3 Å². The van der Waals surface area contributed by atoms with Gasteiger partial charge in [0.15, 0.2) is 0 Å². The number of amides is 1. The SMILES string of the molecule is CC(C)(C)OC(=O)N1CCOCC1.CC(c1ccccc1)c1cnc(N2CCN(c3ncnc(Nc4cnn(C)c4)n3)CC2)nc1. The van der Waals surface area contributed by atoms with E-state index in [0.717, 1.165) is 43.4 Å². The number of carbonyl (C=O) groups excluding carboxylic acids is 1. The number of rotatable bonds is 6. The molecule has 1 unspecified atom stereocenters. The summed E-state index contributed by atoms with van der Waals surface area (Å²) in [5, 5.41) is 7.31. The summed E-state index contributed by atoms with van der Waals surface area (Å²) in [5.41, 5.74) is 2.80. The number of ether oxygens (including phenoxy) is 2. The molecular formula is C32H43N11O3. The van der Waals surface area contributed by atoms with Crippen molar-refractivity contribution in [1.82, 2.24) is 39.6 Å². The molecule has 0 bridgehead atoms. The summed E-state index contributed by atoms with van der Waals surface area (Å²) in [5.74, 6) is 2.18. The van der Waals surface area contributed by atoms with Crippen LogP contribution in [0.2, 0.25) is 0 Å². The maximum atomic E-state index is 11.5. The number of carbonyl (C=O) groups is 1. The van der Waals surface area contributed by atoms with Crippen molar-refractivity contribution in [2.75, 3.05) is 67.6 Å². The Labute approximate surface area is 269 Å². The van der Waals surface area contributed by atoms with Gasteiger partial charge in [0.05, 0.1) is 25.1 Å². The molecule has 46 heavy (non-hydrogen) atoms. The highest BCUT2D eigenvalue weighted by atomic mass is 16.6. The Morgan fingerprint density at radius 3 is 2.13 bits per heavy atom. The summed E-state index contributed by atoms with van der Waals surface area (Å²) in [6.45, 7) is 13.4. The van der Waals surface area contributed by atoms with Crippen LogP contribution < -0.4 is 15.1 Å². The van der Waals surface area contributed by atoms with Crippen LogP contribution in [0.25, 0.3) is 0 Å². The third kappa shape index (κ3) is 9.10. The maximum Gasteiger partial charge on any atom is 0.410 e. The summed E-state index contributed by atoms with van der Waals surface area (Å²) >= 11 is 0. The van der Waals surface area contributed by atoms with E-state index in [4.69, 9.17) is 9.47 Å². The smallest absolute Gasteiger partial charge is 0.410 e. The normalized spacial score (nSPS) is 15.9. The molecule has 1 amide bonds. The minimum atomic E-state index is -0.407. The summed E-state index contributed by atoms with van der Waals surface area (Å²) in [6, 6.07) is 10.4. The summed E-state index contributed by atoms with van der Waals surface area (Å²) in [4.78, 5) is 39.9. The highest BCUT2D eigenvalue weighted by Crippen LogP contribution is 2.24. The van der Waals surface area contributed by atoms with Crippen LogP contribution >= 0.6 is 0 Å². The first-order valence-electron chi connectivity index (χ1n) is 15.5. The molecule has 1 N–H and O–H groups in total. The molecule has 5 heterocycles. The predicted octanol–water partition coefficient (Wildman–Crippen LogP) is 3.87. The van der Waals surface area contributed by atoms with Gasteiger partial charge in [-0.1, -0.05) is 37.3 Å². The number of anilines is 4. The lowest BCUT2D eigenvalue weighted by Gasteiger charge is -2.34. The van der Waals surface area contributed by atoms with Crippen LogP contribution in [0.1, 0.15) is 44.7 Å². The van der Waals surface area contributed by atoms with E-state index in [1.807, 2.05) is 52.5 Å². The Hall–Kier alpha value is -4.85. The first-order chi connectivity index (χ1) is 22.1. The highest BCUT2D eigenvalue weighted by Gasteiger charge is 2.24. The van der Waals surface area contributed by atoms with E-state index >= 15 is 0 Å². The molecule has 4 aromatic rings. The van der Waals surface area contributed by atoms with E-state index < -0.39 is 5.60 Å². The second-order valence-electron chi connectivity index (χ2n) is 12.1. The number of piperazine rings is 1. The lowest BCUT2D eigenvalue weighted by molar-refractivity contribution is -0.00677. The van der Waals surface area contributed by atoms with Crippen LogP contribution in [-0.2, 0) is 16.5 Å². The first-order valence-corrected chi connectivity index (χ1v) is 15.5. The Bertz CT molecular complexity index is 1530. The van der Waals surface area contributed by atoms with Crippen molar-refractivity contribution >= 4 is 29.6 Å². The fourth-order valence-corrected chi connectivity index (χ4v) is 4.95. The predicted molar refractivity (Wildman–Crippen MR) is 175 cm³/mol. The van der Waals surface area contributed by atoms with Crippen molar-refractivity contribution in [3.8, 4) is 0 Å². The highest BCUT2D eigenvalue weighted by molar-refractivity contribution is 5.68. The van der Waals surface area contributed by atoms with Crippen molar-refractivity contribution in [3.05, 3.63) is 72.6 Å². The van der Waals surface area contributed by atoms with E-state index in [1.54, 1.807) is 15.8 Å². The molecule has 0 radical (unpaired) electrons. The summed E-state index contributed by atoms with van der Waals surface area (Å²) < 4.78 is 12.1. The molecule has 1 aromatic carbocycles. The number of nitrogens with zero attached hydrogens (tertiary/aromatic N) is 10. The number of aryl methyl sites for hydroxylation is 1. The topological polar surface area (TPSA) is 140 Å². The van der Waals surface area contributed by atoms with Crippen LogP contribution in [0.3, 0.4) is 0 Å². The number of benzene rings is 1. The van der Waals surface area contributed by atoms with Crippen LogP contribution in [-0.4, -0.2) is 104 Å². The minimum Gasteiger partial charge on any atom is -0.444 e. The van der Waals surface area contributed by atoms with E-state index in [1.165, 1.54) is 11.9 Å². The molecule has 2 saturated heterocycles. The molecule has 14 heteroatoms. The Morgan fingerprint density at radius 1 is 0.870 bits per heavy atom.